The van der Waals surface area contributed by atoms with Gasteiger partial charge in [-0.05, 0) is 32.0 Å². The lowest BCUT2D eigenvalue weighted by atomic mass is 9.90. The minimum atomic E-state index is -0.418. The Bertz CT molecular complexity index is 882. The average Bonchev–Trinajstić information content (AvgIpc) is 3.38. The molecule has 1 aromatic carbocycles. The zero-order valence-corrected chi connectivity index (χ0v) is 16.8. The highest BCUT2D eigenvalue weighted by atomic mass is 16.5. The number of para-hydroxylation sites is 1. The van der Waals surface area contributed by atoms with Crippen molar-refractivity contribution in [2.45, 2.75) is 50.9 Å². The molecule has 1 N–H and O–H groups in total. The van der Waals surface area contributed by atoms with E-state index in [2.05, 4.69) is 24.9 Å². The number of piperidine rings is 1. The first-order chi connectivity index (χ1) is 13.6. The smallest absolute Gasteiger partial charge is 0.209 e. The van der Waals surface area contributed by atoms with Crippen LogP contribution in [-0.4, -0.2) is 42.7 Å². The van der Waals surface area contributed by atoms with Crippen molar-refractivity contribution in [3.63, 3.8) is 0 Å². The summed E-state index contributed by atoms with van der Waals surface area (Å²) in [4.78, 5) is 1.63. The van der Waals surface area contributed by atoms with Gasteiger partial charge in [0.05, 0.1) is 51.4 Å². The predicted octanol–water partition coefficient (Wildman–Crippen LogP) is 2.62. The fraction of sp³-hybridized carbons (Fsp3) is 0.500. The van der Waals surface area contributed by atoms with Crippen molar-refractivity contribution < 1.29 is 18.8 Å². The number of nitrogens with one attached hydrogen (secondary N) is 1. The van der Waals surface area contributed by atoms with Crippen LogP contribution in [0, 0.1) is 0 Å². The maximum atomic E-state index is 6.74. The SMILES string of the molecule is COc1cccc2c1OC1(CC[NH+](C(C)C)CC1)N1N=C(c3ccco3)C[C@H]21. The molecule has 0 unspecified atom stereocenters. The van der Waals surface area contributed by atoms with Crippen LogP contribution in [0.25, 0.3) is 0 Å². The summed E-state index contributed by atoms with van der Waals surface area (Å²) in [5.74, 6) is 2.54. The molecule has 2 aromatic rings. The van der Waals surface area contributed by atoms with E-state index in [4.69, 9.17) is 19.0 Å². The molecule has 4 heterocycles. The highest BCUT2D eigenvalue weighted by molar-refractivity contribution is 5.99. The molecule has 0 saturated carbocycles. The zero-order chi connectivity index (χ0) is 19.3. The van der Waals surface area contributed by atoms with Crippen LogP contribution in [0.15, 0.2) is 46.1 Å². The summed E-state index contributed by atoms with van der Waals surface area (Å²) in [6.45, 7) is 6.74. The second-order valence-electron chi connectivity index (χ2n) is 8.33. The zero-order valence-electron chi connectivity index (χ0n) is 16.8. The third-order valence-corrected chi connectivity index (χ3v) is 6.50. The Morgan fingerprint density at radius 2 is 2.04 bits per heavy atom. The molecule has 1 saturated heterocycles. The van der Waals surface area contributed by atoms with Gasteiger partial charge in [0.2, 0.25) is 5.72 Å². The highest BCUT2D eigenvalue weighted by Gasteiger charge is 2.54. The summed E-state index contributed by atoms with van der Waals surface area (Å²) < 4.78 is 18.0. The third kappa shape index (κ3) is 2.62. The highest BCUT2D eigenvalue weighted by Crippen LogP contribution is 2.52. The molecule has 3 aliphatic rings. The summed E-state index contributed by atoms with van der Waals surface area (Å²) >= 11 is 0. The van der Waals surface area contributed by atoms with Crippen LogP contribution in [0.2, 0.25) is 0 Å². The number of rotatable bonds is 3. The number of furan rings is 1. The third-order valence-electron chi connectivity index (χ3n) is 6.50. The van der Waals surface area contributed by atoms with Crippen molar-refractivity contribution in [2.24, 2.45) is 5.10 Å². The lowest BCUT2D eigenvalue weighted by molar-refractivity contribution is -0.929. The van der Waals surface area contributed by atoms with Gasteiger partial charge in [0.1, 0.15) is 11.5 Å². The summed E-state index contributed by atoms with van der Waals surface area (Å²) in [6, 6.07) is 10.8. The summed E-state index contributed by atoms with van der Waals surface area (Å²) in [5, 5.41) is 7.26. The molecular formula is C22H28N3O3+. The lowest BCUT2D eigenvalue weighted by Crippen LogP contribution is -3.16. The Kier molecular flexibility index (Phi) is 4.12. The van der Waals surface area contributed by atoms with Gasteiger partial charge in [-0.1, -0.05) is 12.1 Å². The Labute approximate surface area is 165 Å². The summed E-state index contributed by atoms with van der Waals surface area (Å²) in [5.41, 5.74) is 1.72. The maximum absolute atomic E-state index is 6.74. The number of hydrazone groups is 1. The normalized spacial score (nSPS) is 28.7. The van der Waals surface area contributed by atoms with E-state index >= 15 is 0 Å². The van der Waals surface area contributed by atoms with Crippen LogP contribution < -0.4 is 14.4 Å². The first kappa shape index (κ1) is 17.6. The predicted molar refractivity (Wildman–Crippen MR) is 106 cm³/mol. The summed E-state index contributed by atoms with van der Waals surface area (Å²) in [6.07, 6.45) is 4.43. The number of ether oxygens (including phenoxy) is 2. The van der Waals surface area contributed by atoms with E-state index in [1.807, 2.05) is 24.3 Å². The van der Waals surface area contributed by atoms with Gasteiger partial charge in [-0.3, -0.25) is 0 Å². The van der Waals surface area contributed by atoms with Gasteiger partial charge in [-0.25, -0.2) is 5.01 Å². The van der Waals surface area contributed by atoms with Crippen LogP contribution in [0.1, 0.15) is 50.5 Å². The van der Waals surface area contributed by atoms with Crippen molar-refractivity contribution in [1.29, 1.82) is 0 Å². The van der Waals surface area contributed by atoms with E-state index < -0.39 is 5.72 Å². The van der Waals surface area contributed by atoms with E-state index in [0.29, 0.717) is 6.04 Å². The van der Waals surface area contributed by atoms with Crippen LogP contribution >= 0.6 is 0 Å². The quantitative estimate of drug-likeness (QED) is 0.887. The minimum absolute atomic E-state index is 0.152. The molecule has 1 spiro atoms. The van der Waals surface area contributed by atoms with Gasteiger partial charge in [-0.15, -0.1) is 0 Å². The van der Waals surface area contributed by atoms with E-state index in [9.17, 15) is 0 Å². The maximum Gasteiger partial charge on any atom is 0.209 e. The van der Waals surface area contributed by atoms with Gasteiger partial charge in [-0.2, -0.15) is 5.10 Å². The fourth-order valence-electron chi connectivity index (χ4n) is 4.89. The Balaban J connectivity index is 1.57. The van der Waals surface area contributed by atoms with Gasteiger partial charge in [0.15, 0.2) is 11.5 Å². The number of quaternary nitrogens is 1. The van der Waals surface area contributed by atoms with Crippen molar-refractivity contribution in [3.8, 4) is 11.5 Å². The topological polar surface area (TPSA) is 51.6 Å². The minimum Gasteiger partial charge on any atom is -0.493 e. The number of fused-ring (bicyclic) bond motifs is 4. The molecule has 148 valence electrons. The van der Waals surface area contributed by atoms with Crippen LogP contribution in [-0.2, 0) is 0 Å². The van der Waals surface area contributed by atoms with E-state index in [1.54, 1.807) is 18.3 Å². The standard InChI is InChI=1S/C22H27N3O3/c1-15(2)24-11-9-22(10-12-24)25-18(14-17(23-25)19-8-5-13-27-19)16-6-4-7-20(26-3)21(16)28-22/h4-8,13,15,18H,9-12,14H2,1-3H3/p+1/t18-/m1/s1. The largest absolute Gasteiger partial charge is 0.493 e. The Hall–Kier alpha value is -2.47. The summed E-state index contributed by atoms with van der Waals surface area (Å²) in [7, 11) is 1.71. The molecule has 0 amide bonds. The average molecular weight is 382 g/mol. The van der Waals surface area contributed by atoms with Crippen molar-refractivity contribution >= 4 is 5.71 Å². The molecule has 6 heteroatoms. The van der Waals surface area contributed by atoms with E-state index in [1.165, 1.54) is 0 Å². The molecule has 1 fully saturated rings. The molecule has 0 aliphatic carbocycles. The second kappa shape index (κ2) is 6.55. The Morgan fingerprint density at radius 1 is 1.21 bits per heavy atom. The molecule has 1 atom stereocenters. The number of hydrogen-bond donors (Lipinski definition) is 1. The monoisotopic (exact) mass is 382 g/mol. The molecule has 0 radical (unpaired) electrons. The van der Waals surface area contributed by atoms with Gasteiger partial charge >= 0.3 is 0 Å². The molecule has 28 heavy (non-hydrogen) atoms. The fourth-order valence-corrected chi connectivity index (χ4v) is 4.89. The van der Waals surface area contributed by atoms with E-state index in [-0.39, 0.29) is 6.04 Å². The molecular weight excluding hydrogens is 354 g/mol. The van der Waals surface area contributed by atoms with Gasteiger partial charge in [0.25, 0.3) is 0 Å². The number of likely N-dealkylation sites (tertiary alicyclic amines) is 1. The first-order valence-electron chi connectivity index (χ1n) is 10.2. The molecule has 3 aliphatic heterocycles. The second-order valence-corrected chi connectivity index (χ2v) is 8.33. The molecule has 5 rings (SSSR count). The Morgan fingerprint density at radius 3 is 2.71 bits per heavy atom. The number of nitrogens with zero attached hydrogens (tertiary/aromatic N) is 2. The van der Waals surface area contributed by atoms with Crippen LogP contribution in [0.3, 0.4) is 0 Å². The van der Waals surface area contributed by atoms with E-state index in [0.717, 1.165) is 60.9 Å². The van der Waals surface area contributed by atoms with Crippen LogP contribution in [0.5, 0.6) is 11.5 Å². The number of hydrogen-bond acceptors (Lipinski definition) is 5. The molecule has 0 bridgehead atoms. The van der Waals surface area contributed by atoms with Crippen molar-refractivity contribution in [3.05, 3.63) is 47.9 Å². The van der Waals surface area contributed by atoms with Crippen molar-refractivity contribution in [1.82, 2.24) is 5.01 Å². The van der Waals surface area contributed by atoms with Gasteiger partial charge < -0.3 is 18.8 Å². The number of methoxy groups -OCH3 is 1. The lowest BCUT2D eigenvalue weighted by Gasteiger charge is -2.50. The molecule has 1 aromatic heterocycles. The first-order valence-corrected chi connectivity index (χ1v) is 10.2. The van der Waals surface area contributed by atoms with Crippen LogP contribution in [0.4, 0.5) is 0 Å². The number of benzene rings is 1. The van der Waals surface area contributed by atoms with Gasteiger partial charge in [0, 0.05) is 12.0 Å². The van der Waals surface area contributed by atoms with Crippen molar-refractivity contribution in [2.75, 3.05) is 20.2 Å². The molecule has 6 nitrogen and oxygen atoms in total.